The maximum atomic E-state index is 5.61. The van der Waals surface area contributed by atoms with Gasteiger partial charge in [-0.05, 0) is 24.5 Å². The fourth-order valence-corrected chi connectivity index (χ4v) is 1.08. The summed E-state index contributed by atoms with van der Waals surface area (Å²) in [5.41, 5.74) is 1.93. The molecule has 3 heteroatoms. The Bertz CT molecular complexity index is 231. The molecule has 1 saturated carbocycles. The molecule has 1 aromatic rings. The molecule has 1 aromatic heterocycles. The normalized spacial score (nSPS) is 17.7. The van der Waals surface area contributed by atoms with Gasteiger partial charge in [0.15, 0.2) is 0 Å². The molecule has 0 saturated heterocycles. The fraction of sp³-hybridized carbons (Fsp3) is 0.571. The van der Waals surface area contributed by atoms with E-state index < -0.39 is 0 Å². The smallest absolute Gasteiger partial charge is 0.141 e. The van der Waals surface area contributed by atoms with Gasteiger partial charge in [0.2, 0.25) is 0 Å². The van der Waals surface area contributed by atoms with Gasteiger partial charge in [-0.25, -0.2) is 0 Å². The van der Waals surface area contributed by atoms with Gasteiger partial charge in [-0.15, -0.1) is 0 Å². The molecule has 0 atom stereocenters. The summed E-state index contributed by atoms with van der Waals surface area (Å²) in [5.74, 6) is 0.712. The second-order valence-electron chi connectivity index (χ2n) is 2.89. The lowest BCUT2D eigenvalue weighted by molar-refractivity contribution is 0.761. The van der Waals surface area contributed by atoms with E-state index in [1.165, 1.54) is 18.5 Å². The minimum Gasteiger partial charge on any atom is -0.283 e. The van der Waals surface area contributed by atoms with Crippen molar-refractivity contribution < 1.29 is 0 Å². The second kappa shape index (κ2) is 1.88. The lowest BCUT2D eigenvalue weighted by Crippen LogP contribution is -2.13. The summed E-state index contributed by atoms with van der Waals surface area (Å²) >= 11 is 0. The molecule has 2 rings (SSSR count). The van der Waals surface area contributed by atoms with Crippen molar-refractivity contribution in [3.63, 3.8) is 0 Å². The molecule has 0 aromatic carbocycles. The van der Waals surface area contributed by atoms with Gasteiger partial charge in [0.1, 0.15) is 7.85 Å². The third-order valence-corrected chi connectivity index (χ3v) is 1.93. The lowest BCUT2D eigenvalue weighted by atomic mass is 10.0. The van der Waals surface area contributed by atoms with Crippen molar-refractivity contribution in [2.24, 2.45) is 7.05 Å². The van der Waals surface area contributed by atoms with E-state index in [0.29, 0.717) is 5.92 Å². The number of nitrogens with zero attached hydrogens (tertiary/aromatic N) is 2. The molecule has 10 heavy (non-hydrogen) atoms. The molecule has 0 amide bonds. The number of hydrogen-bond acceptors (Lipinski definition) is 1. The van der Waals surface area contributed by atoms with Gasteiger partial charge in [-0.3, -0.25) is 4.68 Å². The Morgan fingerprint density at radius 2 is 2.40 bits per heavy atom. The summed E-state index contributed by atoms with van der Waals surface area (Å²) < 4.78 is 1.73. The number of aryl methyl sites for hydroxylation is 1. The molecule has 2 nitrogen and oxygen atoms in total. The fourth-order valence-electron chi connectivity index (χ4n) is 1.08. The number of rotatable bonds is 1. The summed E-state index contributed by atoms with van der Waals surface area (Å²) in [5, 5.41) is 4.26. The van der Waals surface area contributed by atoms with Crippen LogP contribution >= 0.6 is 0 Å². The summed E-state index contributed by atoms with van der Waals surface area (Å²) in [4.78, 5) is 0. The third kappa shape index (κ3) is 0.858. The van der Waals surface area contributed by atoms with Crippen molar-refractivity contribution >= 4 is 13.4 Å². The van der Waals surface area contributed by atoms with E-state index in [2.05, 4.69) is 5.10 Å². The summed E-state index contributed by atoms with van der Waals surface area (Å²) in [6.45, 7) is 0. The Labute approximate surface area is 61.6 Å². The zero-order valence-corrected chi connectivity index (χ0v) is 6.04. The molecular weight excluding hydrogens is 123 g/mol. The van der Waals surface area contributed by atoms with Crippen molar-refractivity contribution in [2.75, 3.05) is 0 Å². The third-order valence-electron chi connectivity index (χ3n) is 1.93. The van der Waals surface area contributed by atoms with Crippen LogP contribution in [0.3, 0.4) is 0 Å². The number of hydrogen-bond donors (Lipinski definition) is 0. The van der Waals surface area contributed by atoms with Crippen LogP contribution in [0.5, 0.6) is 0 Å². The van der Waals surface area contributed by atoms with Crippen LogP contribution in [0.2, 0.25) is 0 Å². The summed E-state index contributed by atoms with van der Waals surface area (Å²) in [6.07, 6.45) is 2.58. The molecule has 0 aliphatic heterocycles. The monoisotopic (exact) mass is 132 g/mol. The highest BCUT2D eigenvalue weighted by atomic mass is 15.3. The molecule has 0 bridgehead atoms. The number of aromatic nitrogens is 2. The first kappa shape index (κ1) is 6.02. The average molecular weight is 132 g/mol. The van der Waals surface area contributed by atoms with E-state index >= 15 is 0 Å². The summed E-state index contributed by atoms with van der Waals surface area (Å²) in [7, 11) is 7.48. The van der Waals surface area contributed by atoms with Crippen molar-refractivity contribution in [3.05, 3.63) is 11.8 Å². The Morgan fingerprint density at radius 3 is 2.80 bits per heavy atom. The van der Waals surface area contributed by atoms with E-state index in [1.807, 2.05) is 13.1 Å². The average Bonchev–Trinajstić information content (AvgIpc) is 2.64. The molecule has 1 aliphatic rings. The minimum atomic E-state index is 0.712. The van der Waals surface area contributed by atoms with Crippen molar-refractivity contribution in [3.8, 4) is 0 Å². The predicted octanol–water partition coefficient (Wildman–Crippen LogP) is 0.0913. The van der Waals surface area contributed by atoms with Crippen LogP contribution in [0.15, 0.2) is 6.07 Å². The van der Waals surface area contributed by atoms with Gasteiger partial charge < -0.3 is 0 Å². The SMILES string of the molecule is [B]c1cc(C2CC2)nn1C. The maximum Gasteiger partial charge on any atom is 0.141 e. The standard InChI is InChI=1S/C7H9BN2/c1-10-7(8)4-6(9-10)5-2-3-5/h4-5H,2-3H2,1H3. The Morgan fingerprint density at radius 1 is 1.70 bits per heavy atom. The first-order valence-electron chi connectivity index (χ1n) is 3.57. The highest BCUT2D eigenvalue weighted by Crippen LogP contribution is 2.38. The van der Waals surface area contributed by atoms with Gasteiger partial charge in [-0.1, -0.05) is 0 Å². The molecule has 1 aliphatic carbocycles. The van der Waals surface area contributed by atoms with E-state index in [9.17, 15) is 0 Å². The van der Waals surface area contributed by atoms with Crippen molar-refractivity contribution in [1.82, 2.24) is 9.78 Å². The predicted molar refractivity (Wildman–Crippen MR) is 40.6 cm³/mol. The van der Waals surface area contributed by atoms with Crippen LogP contribution < -0.4 is 5.59 Å². The molecule has 50 valence electrons. The first-order chi connectivity index (χ1) is 4.77. The van der Waals surface area contributed by atoms with Crippen molar-refractivity contribution in [1.29, 1.82) is 0 Å². The van der Waals surface area contributed by atoms with E-state index in [0.717, 1.165) is 5.59 Å². The van der Waals surface area contributed by atoms with Crippen LogP contribution in [-0.2, 0) is 7.05 Å². The molecular formula is C7H9BN2. The largest absolute Gasteiger partial charge is 0.283 e. The van der Waals surface area contributed by atoms with Gasteiger partial charge in [0, 0.05) is 13.0 Å². The van der Waals surface area contributed by atoms with Crippen LogP contribution in [0, 0.1) is 0 Å². The molecule has 0 N–H and O–H groups in total. The van der Waals surface area contributed by atoms with Gasteiger partial charge in [0.25, 0.3) is 0 Å². The Balaban J connectivity index is 2.34. The zero-order chi connectivity index (χ0) is 7.14. The highest BCUT2D eigenvalue weighted by Gasteiger charge is 2.25. The zero-order valence-electron chi connectivity index (χ0n) is 6.04. The van der Waals surface area contributed by atoms with Crippen LogP contribution in [-0.4, -0.2) is 17.6 Å². The Kier molecular flexibility index (Phi) is 1.13. The lowest BCUT2D eigenvalue weighted by Gasteiger charge is -1.89. The Hall–Kier alpha value is -0.725. The second-order valence-corrected chi connectivity index (χ2v) is 2.89. The molecule has 0 unspecified atom stereocenters. The maximum absolute atomic E-state index is 5.61. The van der Waals surface area contributed by atoms with Gasteiger partial charge >= 0.3 is 0 Å². The van der Waals surface area contributed by atoms with Crippen molar-refractivity contribution in [2.45, 2.75) is 18.8 Å². The van der Waals surface area contributed by atoms with Crippen LogP contribution in [0.4, 0.5) is 0 Å². The molecule has 1 fully saturated rings. The molecule has 1 heterocycles. The van der Waals surface area contributed by atoms with E-state index in [1.54, 1.807) is 4.68 Å². The van der Waals surface area contributed by atoms with E-state index in [4.69, 9.17) is 7.85 Å². The van der Waals surface area contributed by atoms with E-state index in [-0.39, 0.29) is 0 Å². The quantitative estimate of drug-likeness (QED) is 0.495. The van der Waals surface area contributed by atoms with Crippen LogP contribution in [0.25, 0.3) is 0 Å². The van der Waals surface area contributed by atoms with Crippen LogP contribution in [0.1, 0.15) is 24.5 Å². The molecule has 0 spiro atoms. The topological polar surface area (TPSA) is 17.8 Å². The van der Waals surface area contributed by atoms with Gasteiger partial charge in [0.05, 0.1) is 5.69 Å². The minimum absolute atomic E-state index is 0.712. The summed E-state index contributed by atoms with van der Waals surface area (Å²) in [6, 6.07) is 1.97. The molecule has 2 radical (unpaired) electrons. The first-order valence-corrected chi connectivity index (χ1v) is 3.57. The van der Waals surface area contributed by atoms with Gasteiger partial charge in [-0.2, -0.15) is 5.10 Å². The highest BCUT2D eigenvalue weighted by molar-refractivity contribution is 6.30.